The summed E-state index contributed by atoms with van der Waals surface area (Å²) in [5, 5.41) is 14.1. The lowest BCUT2D eigenvalue weighted by Crippen LogP contribution is -2.39. The van der Waals surface area contributed by atoms with Crippen LogP contribution in [0, 0.1) is 12.8 Å². The first-order valence-corrected chi connectivity index (χ1v) is 8.04. The Bertz CT molecular complexity index is 358. The molecule has 0 radical (unpaired) electrons. The minimum absolute atomic E-state index is 0.124. The van der Waals surface area contributed by atoms with Crippen LogP contribution in [0.5, 0.6) is 0 Å². The van der Waals surface area contributed by atoms with Crippen molar-refractivity contribution in [2.45, 2.75) is 65.5 Å². The molecule has 2 heteroatoms. The summed E-state index contributed by atoms with van der Waals surface area (Å²) in [5.41, 5.74) is 2.24. The Hall–Kier alpha value is -0.860. The first kappa shape index (κ1) is 17.2. The number of aliphatic hydroxyl groups excluding tert-OH is 1. The lowest BCUT2D eigenvalue weighted by atomic mass is 9.93. The van der Waals surface area contributed by atoms with Crippen LogP contribution in [0.2, 0.25) is 0 Å². The predicted octanol–water partition coefficient (Wildman–Crippen LogP) is 4.22. The fourth-order valence-electron chi connectivity index (χ4n) is 2.50. The van der Waals surface area contributed by atoms with E-state index in [2.05, 4.69) is 45.1 Å². The highest BCUT2D eigenvalue weighted by atomic mass is 16.3. The molecule has 1 aromatic carbocycles. The van der Waals surface area contributed by atoms with Crippen LogP contribution in [0.4, 0.5) is 0 Å². The van der Waals surface area contributed by atoms with Crippen LogP contribution in [0.1, 0.15) is 63.7 Å². The normalized spacial score (nSPS) is 14.5. The van der Waals surface area contributed by atoms with Gasteiger partial charge in [-0.3, -0.25) is 0 Å². The Morgan fingerprint density at radius 2 is 1.70 bits per heavy atom. The molecule has 0 fully saturated rings. The van der Waals surface area contributed by atoms with E-state index in [-0.39, 0.29) is 6.04 Å². The first-order chi connectivity index (χ1) is 9.56. The maximum absolute atomic E-state index is 10.6. The zero-order chi connectivity index (χ0) is 15.0. The lowest BCUT2D eigenvalue weighted by molar-refractivity contribution is 0.105. The van der Waals surface area contributed by atoms with Crippen LogP contribution in [-0.4, -0.2) is 17.7 Å². The van der Waals surface area contributed by atoms with E-state index in [9.17, 15) is 5.11 Å². The van der Waals surface area contributed by atoms with Crippen molar-refractivity contribution in [3.05, 3.63) is 35.4 Å². The van der Waals surface area contributed by atoms with Gasteiger partial charge in [-0.2, -0.15) is 0 Å². The van der Waals surface area contributed by atoms with Crippen molar-refractivity contribution >= 4 is 0 Å². The SMILES string of the molecule is CCCCCCNC(C(C)C)C(O)c1ccc(C)cc1. The van der Waals surface area contributed by atoms with Crippen molar-refractivity contribution in [3.63, 3.8) is 0 Å². The second-order valence-electron chi connectivity index (χ2n) is 6.14. The number of hydrogen-bond acceptors (Lipinski definition) is 2. The van der Waals surface area contributed by atoms with Crippen LogP contribution in [0.15, 0.2) is 24.3 Å². The molecule has 1 rings (SSSR count). The molecule has 114 valence electrons. The number of nitrogens with one attached hydrogen (secondary N) is 1. The number of rotatable bonds is 9. The van der Waals surface area contributed by atoms with E-state index < -0.39 is 6.10 Å². The van der Waals surface area contributed by atoms with E-state index in [0.717, 1.165) is 12.1 Å². The molecule has 0 aliphatic carbocycles. The van der Waals surface area contributed by atoms with Crippen LogP contribution < -0.4 is 5.32 Å². The molecular weight excluding hydrogens is 246 g/mol. The molecule has 0 amide bonds. The van der Waals surface area contributed by atoms with Gasteiger partial charge in [0.05, 0.1) is 6.10 Å². The third kappa shape index (κ3) is 5.64. The maximum atomic E-state index is 10.6. The fraction of sp³-hybridized carbons (Fsp3) is 0.667. The molecule has 1 aromatic rings. The van der Waals surface area contributed by atoms with Crippen molar-refractivity contribution in [1.29, 1.82) is 0 Å². The Morgan fingerprint density at radius 3 is 2.25 bits per heavy atom. The summed E-state index contributed by atoms with van der Waals surface area (Å²) in [7, 11) is 0. The summed E-state index contributed by atoms with van der Waals surface area (Å²) >= 11 is 0. The Balaban J connectivity index is 2.54. The van der Waals surface area contributed by atoms with Gasteiger partial charge in [0.25, 0.3) is 0 Å². The molecule has 0 heterocycles. The van der Waals surface area contributed by atoms with Crippen molar-refractivity contribution in [2.24, 2.45) is 5.92 Å². The minimum atomic E-state index is -0.429. The van der Waals surface area contributed by atoms with Gasteiger partial charge in [0, 0.05) is 6.04 Å². The molecule has 2 nitrogen and oxygen atoms in total. The fourth-order valence-corrected chi connectivity index (χ4v) is 2.50. The number of aryl methyl sites for hydroxylation is 1. The van der Waals surface area contributed by atoms with E-state index in [4.69, 9.17) is 0 Å². The van der Waals surface area contributed by atoms with E-state index in [1.165, 1.54) is 31.2 Å². The monoisotopic (exact) mass is 277 g/mol. The van der Waals surface area contributed by atoms with Gasteiger partial charge in [0.2, 0.25) is 0 Å². The van der Waals surface area contributed by atoms with Crippen LogP contribution in [0.3, 0.4) is 0 Å². The van der Waals surface area contributed by atoms with Crippen molar-refractivity contribution in [3.8, 4) is 0 Å². The smallest absolute Gasteiger partial charge is 0.0945 e. The van der Waals surface area contributed by atoms with Crippen LogP contribution in [-0.2, 0) is 0 Å². The second kappa shape index (κ2) is 9.15. The molecule has 0 bridgehead atoms. The van der Waals surface area contributed by atoms with Gasteiger partial charge in [0.15, 0.2) is 0 Å². The highest BCUT2D eigenvalue weighted by molar-refractivity contribution is 5.24. The quantitative estimate of drug-likeness (QED) is 0.662. The van der Waals surface area contributed by atoms with Gasteiger partial charge in [-0.15, -0.1) is 0 Å². The van der Waals surface area contributed by atoms with E-state index >= 15 is 0 Å². The number of benzene rings is 1. The van der Waals surface area contributed by atoms with Gasteiger partial charge >= 0.3 is 0 Å². The summed E-state index contributed by atoms with van der Waals surface area (Å²) in [5.74, 6) is 0.414. The Kier molecular flexibility index (Phi) is 7.86. The lowest BCUT2D eigenvalue weighted by Gasteiger charge is -2.28. The Morgan fingerprint density at radius 1 is 1.05 bits per heavy atom. The van der Waals surface area contributed by atoms with Crippen molar-refractivity contribution in [1.82, 2.24) is 5.32 Å². The van der Waals surface area contributed by atoms with E-state index in [1.54, 1.807) is 0 Å². The summed E-state index contributed by atoms with van der Waals surface area (Å²) in [6, 6.07) is 8.33. The molecule has 20 heavy (non-hydrogen) atoms. The molecule has 0 spiro atoms. The molecule has 2 N–H and O–H groups in total. The highest BCUT2D eigenvalue weighted by Gasteiger charge is 2.23. The maximum Gasteiger partial charge on any atom is 0.0945 e. The summed E-state index contributed by atoms with van der Waals surface area (Å²) in [6.45, 7) is 9.63. The molecule has 2 unspecified atom stereocenters. The molecular formula is C18H31NO. The minimum Gasteiger partial charge on any atom is -0.387 e. The second-order valence-corrected chi connectivity index (χ2v) is 6.14. The number of hydrogen-bond donors (Lipinski definition) is 2. The van der Waals surface area contributed by atoms with E-state index in [1.807, 2.05) is 12.1 Å². The number of unbranched alkanes of at least 4 members (excludes halogenated alkanes) is 3. The van der Waals surface area contributed by atoms with Crippen LogP contribution >= 0.6 is 0 Å². The highest BCUT2D eigenvalue weighted by Crippen LogP contribution is 2.22. The summed E-state index contributed by atoms with van der Waals surface area (Å²) in [6.07, 6.45) is 4.60. The third-order valence-corrected chi connectivity index (χ3v) is 3.89. The topological polar surface area (TPSA) is 32.3 Å². The van der Waals surface area contributed by atoms with Gasteiger partial charge in [0.1, 0.15) is 0 Å². The molecule has 0 aliphatic rings. The molecule has 2 atom stereocenters. The van der Waals surface area contributed by atoms with Gasteiger partial charge in [-0.1, -0.05) is 69.9 Å². The zero-order valence-electron chi connectivity index (χ0n) is 13.5. The molecule has 0 saturated heterocycles. The van der Waals surface area contributed by atoms with Gasteiger partial charge in [-0.25, -0.2) is 0 Å². The Labute approximate surface area is 124 Å². The molecule has 0 saturated carbocycles. The summed E-state index contributed by atoms with van der Waals surface area (Å²) < 4.78 is 0. The van der Waals surface area contributed by atoms with Crippen LogP contribution in [0.25, 0.3) is 0 Å². The van der Waals surface area contributed by atoms with Gasteiger partial charge in [-0.05, 0) is 31.4 Å². The average molecular weight is 277 g/mol. The standard InChI is InChI=1S/C18H31NO/c1-5-6-7-8-13-19-17(14(2)3)18(20)16-11-9-15(4)10-12-16/h9-12,14,17-20H,5-8,13H2,1-4H3. The third-order valence-electron chi connectivity index (χ3n) is 3.89. The zero-order valence-corrected chi connectivity index (χ0v) is 13.5. The predicted molar refractivity (Wildman–Crippen MR) is 86.9 cm³/mol. The first-order valence-electron chi connectivity index (χ1n) is 8.04. The van der Waals surface area contributed by atoms with Crippen molar-refractivity contribution in [2.75, 3.05) is 6.54 Å². The average Bonchev–Trinajstić information content (AvgIpc) is 2.42. The molecule has 0 aromatic heterocycles. The van der Waals surface area contributed by atoms with Crippen molar-refractivity contribution < 1.29 is 5.11 Å². The summed E-state index contributed by atoms with van der Waals surface area (Å²) in [4.78, 5) is 0. The van der Waals surface area contributed by atoms with E-state index in [0.29, 0.717) is 5.92 Å². The molecule has 0 aliphatic heterocycles. The number of aliphatic hydroxyl groups is 1. The largest absolute Gasteiger partial charge is 0.387 e. The van der Waals surface area contributed by atoms with Gasteiger partial charge < -0.3 is 10.4 Å².